The maximum absolute atomic E-state index is 13.3. The third-order valence-corrected chi connectivity index (χ3v) is 3.90. The lowest BCUT2D eigenvalue weighted by molar-refractivity contribution is 0.103. The average Bonchev–Trinajstić information content (AvgIpc) is 2.75. The van der Waals surface area contributed by atoms with E-state index in [1.807, 2.05) is 0 Å². The Morgan fingerprint density at radius 3 is 2.55 bits per heavy atom. The van der Waals surface area contributed by atoms with Crippen molar-refractivity contribution in [2.45, 2.75) is 0 Å². The van der Waals surface area contributed by atoms with Gasteiger partial charge in [-0.05, 0) is 18.2 Å². The molecule has 0 saturated carbocycles. The number of ketones is 1. The molecular weight excluding hydrogens is 334 g/mol. The number of carbonyl (C=O) groups excluding carboxylic acids is 1. The lowest BCUT2D eigenvalue weighted by Gasteiger charge is -2.05. The smallest absolute Gasteiger partial charge is 0.285 e. The SMILES string of the molecule is O=C1c2cc(F)ccc2-n2c1nc1nc(Cl)c(Cl)nc1c2=O. The Balaban J connectivity index is 2.17. The minimum absolute atomic E-state index is 0.0529. The summed E-state index contributed by atoms with van der Waals surface area (Å²) in [6.07, 6.45) is 0. The second-order valence-corrected chi connectivity index (χ2v) is 5.26. The summed E-state index contributed by atoms with van der Waals surface area (Å²) in [7, 11) is 0. The van der Waals surface area contributed by atoms with Gasteiger partial charge in [0.2, 0.25) is 5.78 Å². The molecule has 1 aliphatic rings. The fourth-order valence-electron chi connectivity index (χ4n) is 2.34. The topological polar surface area (TPSA) is 77.7 Å². The molecule has 0 saturated heterocycles. The van der Waals surface area contributed by atoms with E-state index in [-0.39, 0.29) is 38.5 Å². The van der Waals surface area contributed by atoms with Gasteiger partial charge in [0.05, 0.1) is 11.3 Å². The Kier molecular flexibility index (Phi) is 2.60. The minimum Gasteiger partial charge on any atom is -0.285 e. The van der Waals surface area contributed by atoms with Crippen molar-refractivity contribution in [2.75, 3.05) is 0 Å². The molecule has 22 heavy (non-hydrogen) atoms. The first-order valence-electron chi connectivity index (χ1n) is 5.98. The van der Waals surface area contributed by atoms with E-state index < -0.39 is 17.2 Å². The number of rotatable bonds is 0. The molecule has 3 aromatic rings. The molecule has 0 fully saturated rings. The van der Waals surface area contributed by atoms with Crippen LogP contribution >= 0.6 is 23.2 Å². The molecule has 3 heterocycles. The van der Waals surface area contributed by atoms with E-state index in [0.29, 0.717) is 0 Å². The van der Waals surface area contributed by atoms with Crippen LogP contribution in [0.2, 0.25) is 10.3 Å². The van der Waals surface area contributed by atoms with Crippen LogP contribution in [0, 0.1) is 5.82 Å². The van der Waals surface area contributed by atoms with Crippen molar-refractivity contribution in [1.82, 2.24) is 19.5 Å². The molecule has 0 radical (unpaired) electrons. The Morgan fingerprint density at radius 1 is 1.05 bits per heavy atom. The zero-order chi connectivity index (χ0) is 15.6. The molecule has 0 bridgehead atoms. The van der Waals surface area contributed by atoms with Crippen LogP contribution in [-0.2, 0) is 0 Å². The van der Waals surface area contributed by atoms with Gasteiger partial charge in [0.25, 0.3) is 5.56 Å². The predicted molar refractivity (Wildman–Crippen MR) is 76.3 cm³/mol. The molecule has 108 valence electrons. The second-order valence-electron chi connectivity index (χ2n) is 4.54. The zero-order valence-corrected chi connectivity index (χ0v) is 12.0. The molecule has 0 amide bonds. The summed E-state index contributed by atoms with van der Waals surface area (Å²) in [5.41, 5.74) is -0.536. The van der Waals surface area contributed by atoms with Crippen LogP contribution in [-0.4, -0.2) is 25.3 Å². The lowest BCUT2D eigenvalue weighted by Crippen LogP contribution is -2.23. The van der Waals surface area contributed by atoms with Gasteiger partial charge >= 0.3 is 0 Å². The summed E-state index contributed by atoms with van der Waals surface area (Å²) in [6, 6.07) is 3.54. The highest BCUT2D eigenvalue weighted by Gasteiger charge is 2.31. The number of nitrogens with zero attached hydrogens (tertiary/aromatic N) is 4. The number of fused-ring (bicyclic) bond motifs is 4. The van der Waals surface area contributed by atoms with E-state index in [0.717, 1.165) is 16.7 Å². The van der Waals surface area contributed by atoms with Crippen LogP contribution in [0.1, 0.15) is 16.2 Å². The van der Waals surface area contributed by atoms with Crippen LogP contribution in [0.4, 0.5) is 4.39 Å². The number of hydrogen-bond acceptors (Lipinski definition) is 5. The Morgan fingerprint density at radius 2 is 1.77 bits per heavy atom. The molecule has 6 nitrogen and oxygen atoms in total. The summed E-state index contributed by atoms with van der Waals surface area (Å²) >= 11 is 11.5. The predicted octanol–water partition coefficient (Wildman–Crippen LogP) is 2.17. The molecule has 1 aliphatic heterocycles. The molecule has 4 rings (SSSR count). The van der Waals surface area contributed by atoms with E-state index in [1.165, 1.54) is 6.07 Å². The van der Waals surface area contributed by atoms with Gasteiger partial charge in [-0.25, -0.2) is 19.3 Å². The Labute approximate surface area is 131 Å². The maximum Gasteiger partial charge on any atom is 0.286 e. The lowest BCUT2D eigenvalue weighted by atomic mass is 10.1. The largest absolute Gasteiger partial charge is 0.286 e. The standard InChI is InChI=1S/C13H3Cl2FN4O2/c14-9-10(15)18-11-7(17-9)13(22)20-6-2-1-4(16)3-5(6)8(21)12(20)19-11/h1-3H. The highest BCUT2D eigenvalue weighted by atomic mass is 35.5. The maximum atomic E-state index is 13.3. The van der Waals surface area contributed by atoms with Crippen molar-refractivity contribution in [3.05, 3.63) is 56.1 Å². The number of aromatic nitrogens is 4. The number of hydrogen-bond donors (Lipinski definition) is 0. The highest BCUT2D eigenvalue weighted by molar-refractivity contribution is 6.40. The van der Waals surface area contributed by atoms with E-state index in [4.69, 9.17) is 23.2 Å². The van der Waals surface area contributed by atoms with Gasteiger partial charge < -0.3 is 0 Å². The summed E-state index contributed by atoms with van der Waals surface area (Å²) < 4.78 is 14.4. The summed E-state index contributed by atoms with van der Waals surface area (Å²) in [5, 5.41) is -0.266. The van der Waals surface area contributed by atoms with Crippen LogP contribution < -0.4 is 5.56 Å². The molecule has 0 aliphatic carbocycles. The molecule has 0 unspecified atom stereocenters. The fourth-order valence-corrected chi connectivity index (χ4v) is 2.59. The van der Waals surface area contributed by atoms with E-state index in [1.54, 1.807) is 0 Å². The van der Waals surface area contributed by atoms with Crippen molar-refractivity contribution in [3.8, 4) is 5.69 Å². The summed E-state index contributed by atoms with van der Waals surface area (Å²) in [5.74, 6) is -1.31. The van der Waals surface area contributed by atoms with Crippen molar-refractivity contribution < 1.29 is 9.18 Å². The van der Waals surface area contributed by atoms with Gasteiger partial charge in [-0.3, -0.25) is 14.2 Å². The fraction of sp³-hybridized carbons (Fsp3) is 0. The minimum atomic E-state index is -0.621. The first kappa shape index (κ1) is 13.3. The molecule has 9 heteroatoms. The summed E-state index contributed by atoms with van der Waals surface area (Å²) in [6.45, 7) is 0. The van der Waals surface area contributed by atoms with E-state index in [9.17, 15) is 14.0 Å². The van der Waals surface area contributed by atoms with E-state index >= 15 is 0 Å². The molecule has 0 spiro atoms. The molecule has 1 aromatic carbocycles. The van der Waals surface area contributed by atoms with Crippen molar-refractivity contribution in [3.63, 3.8) is 0 Å². The van der Waals surface area contributed by atoms with Crippen LogP contribution in [0.3, 0.4) is 0 Å². The van der Waals surface area contributed by atoms with Crippen LogP contribution in [0.15, 0.2) is 23.0 Å². The first-order chi connectivity index (χ1) is 10.5. The van der Waals surface area contributed by atoms with Crippen LogP contribution in [0.5, 0.6) is 0 Å². The molecular formula is C13H3Cl2FN4O2. The van der Waals surface area contributed by atoms with Crippen LogP contribution in [0.25, 0.3) is 16.9 Å². The molecule has 0 N–H and O–H groups in total. The van der Waals surface area contributed by atoms with Gasteiger partial charge in [0.1, 0.15) is 5.82 Å². The van der Waals surface area contributed by atoms with Gasteiger partial charge in [-0.1, -0.05) is 23.2 Å². The normalized spacial score (nSPS) is 12.6. The number of carbonyl (C=O) groups is 1. The quantitative estimate of drug-likeness (QED) is 0.491. The third-order valence-electron chi connectivity index (χ3n) is 3.27. The zero-order valence-electron chi connectivity index (χ0n) is 10.5. The second kappa shape index (κ2) is 4.31. The first-order valence-corrected chi connectivity index (χ1v) is 6.73. The molecule has 0 atom stereocenters. The van der Waals surface area contributed by atoms with Gasteiger partial charge in [-0.2, -0.15) is 0 Å². The number of halogens is 3. The molecule has 2 aromatic heterocycles. The van der Waals surface area contributed by atoms with Crippen molar-refractivity contribution >= 4 is 40.1 Å². The Bertz CT molecular complexity index is 1060. The summed E-state index contributed by atoms with van der Waals surface area (Å²) in [4.78, 5) is 36.6. The van der Waals surface area contributed by atoms with Gasteiger partial charge in [0.15, 0.2) is 27.3 Å². The third kappa shape index (κ3) is 1.63. The van der Waals surface area contributed by atoms with Crippen molar-refractivity contribution in [2.24, 2.45) is 0 Å². The van der Waals surface area contributed by atoms with Gasteiger partial charge in [-0.15, -0.1) is 0 Å². The highest BCUT2D eigenvalue weighted by Crippen LogP contribution is 2.27. The van der Waals surface area contributed by atoms with Crippen molar-refractivity contribution in [1.29, 1.82) is 0 Å². The Hall–Kier alpha value is -2.38. The monoisotopic (exact) mass is 336 g/mol. The van der Waals surface area contributed by atoms with Gasteiger partial charge in [0, 0.05) is 0 Å². The number of benzene rings is 1. The van der Waals surface area contributed by atoms with E-state index in [2.05, 4.69) is 15.0 Å². The average molecular weight is 337 g/mol.